The Labute approximate surface area is 92.3 Å². The minimum atomic E-state index is -0.360. The van der Waals surface area contributed by atoms with Crippen molar-refractivity contribution in [3.63, 3.8) is 0 Å². The fourth-order valence-corrected chi connectivity index (χ4v) is 0.923. The Morgan fingerprint density at radius 2 is 1.80 bits per heavy atom. The third-order valence-corrected chi connectivity index (χ3v) is 1.55. The molecule has 86 valence electrons. The second-order valence-corrected chi connectivity index (χ2v) is 2.36. The van der Waals surface area contributed by atoms with Crippen molar-refractivity contribution in [3.8, 4) is 0 Å². The van der Waals surface area contributed by atoms with Crippen molar-refractivity contribution in [3.05, 3.63) is 45.7 Å². The average Bonchev–Trinajstić information content (AvgIpc) is 2.48. The van der Waals surface area contributed by atoms with Gasteiger partial charge in [-0.2, -0.15) is 0 Å². The molecule has 1 aliphatic rings. The molecule has 3 heteroatoms. The van der Waals surface area contributed by atoms with Crippen molar-refractivity contribution in [2.45, 2.75) is 41.0 Å². The monoisotopic (exact) mass is 211 g/mol. The summed E-state index contributed by atoms with van der Waals surface area (Å²) in [5.74, 6) is 0. The molecule has 1 rings (SSSR count). The summed E-state index contributed by atoms with van der Waals surface area (Å²) < 4.78 is 0. The molecule has 0 aliphatic heterocycles. The first-order chi connectivity index (χ1) is 7.22. The Hall–Kier alpha value is -1.38. The van der Waals surface area contributed by atoms with E-state index in [2.05, 4.69) is 0 Å². The molecule has 0 fully saturated rings. The number of hydrogen-bond donors (Lipinski definition) is 0. The summed E-state index contributed by atoms with van der Waals surface area (Å²) in [5, 5.41) is 10.4. The molecule has 0 saturated carbocycles. The van der Waals surface area contributed by atoms with Gasteiger partial charge in [0.2, 0.25) is 0 Å². The molecule has 0 saturated heterocycles. The van der Waals surface area contributed by atoms with Crippen LogP contribution in [0.25, 0.3) is 0 Å². The maximum atomic E-state index is 10.4. The minimum Gasteiger partial charge on any atom is -0.258 e. The van der Waals surface area contributed by atoms with Gasteiger partial charge in [-0.25, -0.2) is 0 Å². The SMILES string of the molecule is CC.CC.CC1=CCC=CC=C1[N+](=O)[O-]. The van der Waals surface area contributed by atoms with Crippen molar-refractivity contribution in [2.24, 2.45) is 0 Å². The predicted octanol–water partition coefficient (Wildman–Crippen LogP) is 4.11. The van der Waals surface area contributed by atoms with Gasteiger partial charge in [0.05, 0.1) is 4.92 Å². The zero-order valence-electron chi connectivity index (χ0n) is 10.3. The van der Waals surface area contributed by atoms with Crippen molar-refractivity contribution in [1.82, 2.24) is 0 Å². The lowest BCUT2D eigenvalue weighted by Gasteiger charge is -1.93. The average molecular weight is 211 g/mol. The Morgan fingerprint density at radius 1 is 1.27 bits per heavy atom. The third kappa shape index (κ3) is 6.66. The number of nitrogens with zero attached hydrogens (tertiary/aromatic N) is 1. The van der Waals surface area contributed by atoms with Crippen LogP contribution in [-0.2, 0) is 0 Å². The van der Waals surface area contributed by atoms with Crippen molar-refractivity contribution in [2.75, 3.05) is 0 Å². The van der Waals surface area contributed by atoms with Crippen LogP contribution in [0.4, 0.5) is 0 Å². The van der Waals surface area contributed by atoms with E-state index in [-0.39, 0.29) is 10.6 Å². The highest BCUT2D eigenvalue weighted by Gasteiger charge is 2.11. The summed E-state index contributed by atoms with van der Waals surface area (Å²) in [6, 6.07) is 0. The molecule has 0 atom stereocenters. The van der Waals surface area contributed by atoms with Gasteiger partial charge in [0.25, 0.3) is 5.70 Å². The van der Waals surface area contributed by atoms with Crippen molar-refractivity contribution < 1.29 is 4.92 Å². The largest absolute Gasteiger partial charge is 0.271 e. The molecular formula is C12H21NO2. The highest BCUT2D eigenvalue weighted by atomic mass is 16.6. The number of hydrogen-bond acceptors (Lipinski definition) is 2. The zero-order valence-corrected chi connectivity index (χ0v) is 10.3. The first kappa shape index (κ1) is 16.1. The van der Waals surface area contributed by atoms with Crippen molar-refractivity contribution in [1.29, 1.82) is 0 Å². The van der Waals surface area contributed by atoms with Gasteiger partial charge in [0.15, 0.2) is 0 Å². The molecule has 0 aromatic carbocycles. The molecule has 0 radical (unpaired) electrons. The Bertz CT molecular complexity index is 263. The van der Waals surface area contributed by atoms with E-state index in [1.165, 1.54) is 6.08 Å². The summed E-state index contributed by atoms with van der Waals surface area (Å²) >= 11 is 0. The second kappa shape index (κ2) is 10.7. The zero-order chi connectivity index (χ0) is 12.3. The molecule has 0 amide bonds. The van der Waals surface area contributed by atoms with Gasteiger partial charge in [0, 0.05) is 11.6 Å². The highest BCUT2D eigenvalue weighted by Crippen LogP contribution is 2.13. The normalized spacial score (nSPS) is 13.1. The van der Waals surface area contributed by atoms with Gasteiger partial charge in [-0.15, -0.1) is 0 Å². The molecule has 0 heterocycles. The van der Waals surface area contributed by atoms with Crippen LogP contribution in [-0.4, -0.2) is 4.92 Å². The van der Waals surface area contributed by atoms with Crippen molar-refractivity contribution >= 4 is 0 Å². The summed E-state index contributed by atoms with van der Waals surface area (Å²) in [4.78, 5) is 10.0. The van der Waals surface area contributed by atoms with Gasteiger partial charge in [-0.1, -0.05) is 45.9 Å². The smallest absolute Gasteiger partial charge is 0.258 e. The summed E-state index contributed by atoms with van der Waals surface area (Å²) in [7, 11) is 0. The molecule has 0 aromatic rings. The van der Waals surface area contributed by atoms with E-state index in [0.29, 0.717) is 0 Å². The summed E-state index contributed by atoms with van der Waals surface area (Å²) in [5.41, 5.74) is 0.929. The molecule has 0 bridgehead atoms. The molecule has 1 aliphatic carbocycles. The molecule has 0 aromatic heterocycles. The summed E-state index contributed by atoms with van der Waals surface area (Å²) in [6.07, 6.45) is 7.75. The first-order valence-electron chi connectivity index (χ1n) is 5.40. The number of nitro groups is 1. The van der Waals surface area contributed by atoms with E-state index in [0.717, 1.165) is 12.0 Å². The van der Waals surface area contributed by atoms with Crippen LogP contribution in [0.3, 0.4) is 0 Å². The lowest BCUT2D eigenvalue weighted by Crippen LogP contribution is -1.98. The number of rotatable bonds is 1. The quantitative estimate of drug-likeness (QED) is 0.484. The lowest BCUT2D eigenvalue weighted by molar-refractivity contribution is -0.420. The lowest BCUT2D eigenvalue weighted by atomic mass is 10.2. The predicted molar refractivity (Wildman–Crippen MR) is 65.3 cm³/mol. The van der Waals surface area contributed by atoms with E-state index in [1.807, 2.05) is 39.8 Å². The maximum absolute atomic E-state index is 10.4. The Balaban J connectivity index is 0. The highest BCUT2D eigenvalue weighted by molar-refractivity contribution is 5.29. The van der Waals surface area contributed by atoms with Gasteiger partial charge in [-0.3, -0.25) is 10.1 Å². The molecular weight excluding hydrogens is 190 g/mol. The maximum Gasteiger partial charge on any atom is 0.271 e. The minimum absolute atomic E-state index is 0.193. The standard InChI is InChI=1S/C8H9NO2.2C2H6/c1-7-5-3-2-4-6-8(7)9(10)11;2*1-2/h2,4-6H,3H2,1H3;2*1-2H3. The molecule has 3 nitrogen and oxygen atoms in total. The molecule has 0 unspecified atom stereocenters. The molecule has 0 spiro atoms. The summed E-state index contributed by atoms with van der Waals surface area (Å²) in [6.45, 7) is 9.75. The van der Waals surface area contributed by atoms with Crippen LogP contribution in [0.2, 0.25) is 0 Å². The van der Waals surface area contributed by atoms with E-state index < -0.39 is 0 Å². The van der Waals surface area contributed by atoms with Crippen LogP contribution in [0.5, 0.6) is 0 Å². The van der Waals surface area contributed by atoms with E-state index >= 15 is 0 Å². The van der Waals surface area contributed by atoms with Crippen LogP contribution < -0.4 is 0 Å². The van der Waals surface area contributed by atoms with E-state index in [9.17, 15) is 10.1 Å². The van der Waals surface area contributed by atoms with Crippen LogP contribution in [0.15, 0.2) is 35.6 Å². The van der Waals surface area contributed by atoms with Gasteiger partial charge in [-0.05, 0) is 13.3 Å². The second-order valence-electron chi connectivity index (χ2n) is 2.36. The van der Waals surface area contributed by atoms with E-state index in [4.69, 9.17) is 0 Å². The Kier molecular flexibility index (Phi) is 11.5. The first-order valence-corrected chi connectivity index (χ1v) is 5.40. The van der Waals surface area contributed by atoms with Crippen LogP contribution in [0, 0.1) is 10.1 Å². The fourth-order valence-electron chi connectivity index (χ4n) is 0.923. The van der Waals surface area contributed by atoms with Crippen LogP contribution in [0.1, 0.15) is 41.0 Å². The molecule has 0 N–H and O–H groups in total. The van der Waals surface area contributed by atoms with E-state index in [1.54, 1.807) is 13.0 Å². The van der Waals surface area contributed by atoms with Gasteiger partial charge < -0.3 is 0 Å². The van der Waals surface area contributed by atoms with Crippen LogP contribution >= 0.6 is 0 Å². The third-order valence-electron chi connectivity index (χ3n) is 1.55. The van der Waals surface area contributed by atoms with Gasteiger partial charge >= 0.3 is 0 Å². The fraction of sp³-hybridized carbons (Fsp3) is 0.500. The topological polar surface area (TPSA) is 43.1 Å². The Morgan fingerprint density at radius 3 is 2.27 bits per heavy atom. The van der Waals surface area contributed by atoms with Gasteiger partial charge in [0.1, 0.15) is 0 Å². The molecule has 15 heavy (non-hydrogen) atoms. The number of allylic oxidation sites excluding steroid dienone is 5.